The third kappa shape index (κ3) is 4.93. The van der Waals surface area contributed by atoms with Gasteiger partial charge in [-0.1, -0.05) is 60.7 Å². The minimum absolute atomic E-state index is 0.0228. The highest BCUT2D eigenvalue weighted by Gasteiger charge is 2.34. The Bertz CT molecular complexity index is 1310. The number of carbonyl (C=O) groups excluding carboxylic acids is 1. The molecule has 1 aromatic heterocycles. The molecule has 6 nitrogen and oxygen atoms in total. The Balaban J connectivity index is 1.35. The molecule has 0 aliphatic carbocycles. The van der Waals surface area contributed by atoms with Crippen molar-refractivity contribution in [2.45, 2.75) is 45.4 Å². The van der Waals surface area contributed by atoms with Crippen LogP contribution >= 0.6 is 0 Å². The van der Waals surface area contributed by atoms with E-state index in [9.17, 15) is 9.90 Å². The van der Waals surface area contributed by atoms with Gasteiger partial charge in [-0.25, -0.2) is 4.98 Å². The van der Waals surface area contributed by atoms with Gasteiger partial charge in [-0.3, -0.25) is 4.79 Å². The van der Waals surface area contributed by atoms with E-state index in [0.29, 0.717) is 26.1 Å². The monoisotopic (exact) mass is 469 g/mol. The normalized spacial score (nSPS) is 16.7. The number of aromatic nitrogens is 2. The van der Waals surface area contributed by atoms with Crippen molar-refractivity contribution in [1.82, 2.24) is 14.5 Å². The quantitative estimate of drug-likeness (QED) is 0.409. The summed E-state index contributed by atoms with van der Waals surface area (Å²) in [5.41, 5.74) is 5.05. The smallest absolute Gasteiger partial charge is 0.223 e. The fourth-order valence-corrected chi connectivity index (χ4v) is 4.97. The maximum absolute atomic E-state index is 12.9. The maximum atomic E-state index is 12.9. The van der Waals surface area contributed by atoms with Crippen molar-refractivity contribution >= 4 is 16.9 Å². The lowest BCUT2D eigenvalue weighted by Gasteiger charge is -2.20. The summed E-state index contributed by atoms with van der Waals surface area (Å²) in [4.78, 5) is 19.7. The molecular weight excluding hydrogens is 438 g/mol. The Hall–Kier alpha value is -3.64. The molecule has 1 amide bonds. The Kier molecular flexibility index (Phi) is 6.55. The van der Waals surface area contributed by atoms with Crippen LogP contribution in [0.1, 0.15) is 34.9 Å². The summed E-state index contributed by atoms with van der Waals surface area (Å²) < 4.78 is 8.08. The summed E-state index contributed by atoms with van der Waals surface area (Å²) in [7, 11) is 0. The first-order chi connectivity index (χ1) is 17.0. The number of benzene rings is 3. The number of aliphatic hydroxyl groups excluding tert-OH is 1. The van der Waals surface area contributed by atoms with Crippen LogP contribution in [0.4, 0.5) is 0 Å². The van der Waals surface area contributed by atoms with Crippen molar-refractivity contribution < 1.29 is 14.6 Å². The maximum Gasteiger partial charge on any atom is 0.223 e. The minimum Gasteiger partial charge on any atom is -0.490 e. The van der Waals surface area contributed by atoms with E-state index in [4.69, 9.17) is 9.72 Å². The fourth-order valence-electron chi connectivity index (χ4n) is 4.97. The zero-order valence-electron chi connectivity index (χ0n) is 20.2. The fraction of sp³-hybridized carbons (Fsp3) is 0.310. The Morgan fingerprint density at radius 2 is 1.71 bits per heavy atom. The SMILES string of the molecule is Cc1cccc(C)c1OC[C@H](O)Cn1c([C@@H]2CC(=O)N(Cc3ccccc3)C2)nc2ccccc21. The van der Waals surface area contributed by atoms with Gasteiger partial charge < -0.3 is 19.3 Å². The summed E-state index contributed by atoms with van der Waals surface area (Å²) in [6, 6.07) is 24.0. The molecule has 1 aliphatic rings. The Labute approximate surface area is 205 Å². The van der Waals surface area contributed by atoms with E-state index in [-0.39, 0.29) is 18.4 Å². The Morgan fingerprint density at radius 3 is 2.49 bits per heavy atom. The first-order valence-electron chi connectivity index (χ1n) is 12.1. The molecule has 1 fully saturated rings. The van der Waals surface area contributed by atoms with E-state index in [1.807, 2.05) is 91.5 Å². The van der Waals surface area contributed by atoms with E-state index < -0.39 is 6.10 Å². The number of aliphatic hydroxyl groups is 1. The highest BCUT2D eigenvalue weighted by atomic mass is 16.5. The van der Waals surface area contributed by atoms with Gasteiger partial charge in [-0.2, -0.15) is 0 Å². The number of imidazole rings is 1. The number of amides is 1. The van der Waals surface area contributed by atoms with Crippen molar-refractivity contribution in [2.75, 3.05) is 13.2 Å². The highest BCUT2D eigenvalue weighted by Crippen LogP contribution is 2.31. The molecule has 2 heterocycles. The van der Waals surface area contributed by atoms with Gasteiger partial charge in [0.25, 0.3) is 0 Å². The van der Waals surface area contributed by atoms with E-state index in [0.717, 1.165) is 39.3 Å². The lowest BCUT2D eigenvalue weighted by atomic mass is 10.1. The number of carbonyl (C=O) groups is 1. The first-order valence-corrected chi connectivity index (χ1v) is 12.1. The zero-order chi connectivity index (χ0) is 24.4. The number of likely N-dealkylation sites (tertiary alicyclic amines) is 1. The average molecular weight is 470 g/mol. The van der Waals surface area contributed by atoms with Gasteiger partial charge in [0.15, 0.2) is 0 Å². The van der Waals surface area contributed by atoms with E-state index in [1.165, 1.54) is 0 Å². The van der Waals surface area contributed by atoms with Crippen molar-refractivity contribution in [2.24, 2.45) is 0 Å². The van der Waals surface area contributed by atoms with Gasteiger partial charge in [0.05, 0.1) is 17.6 Å². The van der Waals surface area contributed by atoms with Gasteiger partial charge in [-0.15, -0.1) is 0 Å². The topological polar surface area (TPSA) is 67.6 Å². The molecule has 4 aromatic rings. The van der Waals surface area contributed by atoms with Crippen molar-refractivity contribution in [3.63, 3.8) is 0 Å². The third-order valence-electron chi connectivity index (χ3n) is 6.70. The van der Waals surface area contributed by atoms with Crippen LogP contribution < -0.4 is 4.74 Å². The summed E-state index contributed by atoms with van der Waals surface area (Å²) in [6.07, 6.45) is -0.298. The van der Waals surface area contributed by atoms with Crippen LogP contribution in [0.3, 0.4) is 0 Å². The number of aryl methyl sites for hydroxylation is 2. The second-order valence-corrected chi connectivity index (χ2v) is 9.42. The summed E-state index contributed by atoms with van der Waals surface area (Å²) in [5.74, 6) is 1.78. The second kappa shape index (κ2) is 9.92. The predicted molar refractivity (Wildman–Crippen MR) is 136 cm³/mol. The number of para-hydroxylation sites is 3. The number of ether oxygens (including phenoxy) is 1. The first kappa shape index (κ1) is 23.1. The minimum atomic E-state index is -0.720. The third-order valence-corrected chi connectivity index (χ3v) is 6.70. The van der Waals surface area contributed by atoms with Crippen LogP contribution in [0.15, 0.2) is 72.8 Å². The predicted octanol–water partition coefficient (Wildman–Crippen LogP) is 4.61. The van der Waals surface area contributed by atoms with Crippen LogP contribution in [0.5, 0.6) is 5.75 Å². The van der Waals surface area contributed by atoms with Gasteiger partial charge in [0.2, 0.25) is 5.91 Å². The molecular formula is C29H31N3O3. The Morgan fingerprint density at radius 1 is 1.00 bits per heavy atom. The zero-order valence-corrected chi connectivity index (χ0v) is 20.2. The lowest BCUT2D eigenvalue weighted by Crippen LogP contribution is -2.26. The van der Waals surface area contributed by atoms with Crippen LogP contribution in [0.25, 0.3) is 11.0 Å². The van der Waals surface area contributed by atoms with Crippen LogP contribution in [-0.2, 0) is 17.9 Å². The lowest BCUT2D eigenvalue weighted by molar-refractivity contribution is -0.128. The number of fused-ring (bicyclic) bond motifs is 1. The molecule has 1 N–H and O–H groups in total. The van der Waals surface area contributed by atoms with Gasteiger partial charge in [-0.05, 0) is 42.7 Å². The van der Waals surface area contributed by atoms with Crippen LogP contribution in [0.2, 0.25) is 0 Å². The molecule has 3 aromatic carbocycles. The molecule has 0 saturated carbocycles. The number of rotatable bonds is 8. The summed E-state index contributed by atoms with van der Waals surface area (Å²) >= 11 is 0. The van der Waals surface area contributed by atoms with Gasteiger partial charge in [0, 0.05) is 25.4 Å². The molecule has 180 valence electrons. The van der Waals surface area contributed by atoms with E-state index in [2.05, 4.69) is 4.57 Å². The van der Waals surface area contributed by atoms with E-state index >= 15 is 0 Å². The molecule has 35 heavy (non-hydrogen) atoms. The van der Waals surface area contributed by atoms with Gasteiger partial charge in [0.1, 0.15) is 24.3 Å². The van der Waals surface area contributed by atoms with E-state index in [1.54, 1.807) is 0 Å². The van der Waals surface area contributed by atoms with Crippen LogP contribution in [0, 0.1) is 13.8 Å². The largest absolute Gasteiger partial charge is 0.490 e. The summed E-state index contributed by atoms with van der Waals surface area (Å²) in [5, 5.41) is 10.9. The van der Waals surface area contributed by atoms with Crippen molar-refractivity contribution in [1.29, 1.82) is 0 Å². The molecule has 5 rings (SSSR count). The second-order valence-electron chi connectivity index (χ2n) is 9.42. The number of hydrogen-bond donors (Lipinski definition) is 1. The molecule has 1 saturated heterocycles. The van der Waals surface area contributed by atoms with Gasteiger partial charge >= 0.3 is 0 Å². The standard InChI is InChI=1S/C29H31N3O3/c1-20-9-8-10-21(2)28(20)35-19-24(33)18-32-26-14-7-6-13-25(26)30-29(32)23-15-27(34)31(17-23)16-22-11-4-3-5-12-22/h3-14,23-24,33H,15-19H2,1-2H3/t23-,24-/m1/s1. The molecule has 6 heteroatoms. The molecule has 0 unspecified atom stereocenters. The van der Waals surface area contributed by atoms with Crippen molar-refractivity contribution in [3.05, 3.63) is 95.3 Å². The average Bonchev–Trinajstić information content (AvgIpc) is 3.39. The number of hydrogen-bond acceptors (Lipinski definition) is 4. The molecule has 2 atom stereocenters. The molecule has 1 aliphatic heterocycles. The summed E-state index contributed by atoms with van der Waals surface area (Å²) in [6.45, 7) is 5.77. The number of nitrogens with zero attached hydrogens (tertiary/aromatic N) is 3. The molecule has 0 bridgehead atoms. The van der Waals surface area contributed by atoms with Crippen LogP contribution in [-0.4, -0.2) is 44.7 Å². The molecule has 0 spiro atoms. The molecule has 0 radical (unpaired) electrons. The highest BCUT2D eigenvalue weighted by molar-refractivity contribution is 5.81. The van der Waals surface area contributed by atoms with Crippen molar-refractivity contribution in [3.8, 4) is 5.75 Å².